The van der Waals surface area contributed by atoms with Crippen molar-refractivity contribution in [3.05, 3.63) is 212 Å². The Morgan fingerprint density at radius 3 is 1.16 bits per heavy atom. The van der Waals surface area contributed by atoms with Crippen LogP contribution >= 0.6 is 0 Å². The molecule has 3 aromatic heterocycles. The molecule has 62 heavy (non-hydrogen) atoms. The van der Waals surface area contributed by atoms with Crippen LogP contribution in [0.1, 0.15) is 0 Å². The van der Waals surface area contributed by atoms with Gasteiger partial charge in [0.2, 0.25) is 0 Å². The average molecular weight is 794 g/mol. The molecule has 0 aliphatic heterocycles. The van der Waals surface area contributed by atoms with Crippen molar-refractivity contribution in [3.63, 3.8) is 0 Å². The first-order chi connectivity index (χ1) is 30.7. The van der Waals surface area contributed by atoms with E-state index in [9.17, 15) is 0 Å². The molecule has 0 fully saturated rings. The van der Waals surface area contributed by atoms with Crippen molar-refractivity contribution in [2.75, 3.05) is 0 Å². The summed E-state index contributed by atoms with van der Waals surface area (Å²) in [5.41, 5.74) is 14.8. The van der Waals surface area contributed by atoms with E-state index in [1.54, 1.807) is 0 Å². The summed E-state index contributed by atoms with van der Waals surface area (Å²) in [4.78, 5) is 15.7. The van der Waals surface area contributed by atoms with Crippen molar-refractivity contribution in [1.29, 1.82) is 0 Å². The highest BCUT2D eigenvalue weighted by molar-refractivity contribution is 6.16. The van der Waals surface area contributed by atoms with Gasteiger partial charge in [-0.3, -0.25) is 0 Å². The monoisotopic (exact) mass is 793 g/mol. The number of furan rings is 2. The van der Waals surface area contributed by atoms with Gasteiger partial charge in [0.05, 0.1) is 0 Å². The van der Waals surface area contributed by atoms with Gasteiger partial charge in [0.15, 0.2) is 17.5 Å². The molecule has 12 rings (SSSR count). The standard InChI is InChI=1S/C57H35N3O2/c1-4-14-36(15-5-1)39-20-10-22-43(32-39)55-58-56(44-23-11-21-40(33-44)37-16-6-2-7-17-37)60-57(59-55)46-25-13-27-52-54(46)48-35-42(29-31-50(48)62-52)45-24-12-26-51-53(45)47-34-41(28-30-49(47)61-51)38-18-8-3-9-19-38/h1-35H. The minimum atomic E-state index is 0.565. The summed E-state index contributed by atoms with van der Waals surface area (Å²) >= 11 is 0. The summed E-state index contributed by atoms with van der Waals surface area (Å²) in [5, 5.41) is 4.07. The SMILES string of the molecule is c1ccc(-c2cccc(-c3nc(-c4cccc(-c5ccccc5)c4)nc(-c4cccc5oc6ccc(-c7cccc8oc9ccc(-c%10ccccc%10)cc9c78)cc6c45)n3)c2)cc1. The maximum Gasteiger partial charge on any atom is 0.164 e. The number of hydrogen-bond donors (Lipinski definition) is 0. The first-order valence-electron chi connectivity index (χ1n) is 20.7. The summed E-state index contributed by atoms with van der Waals surface area (Å²) in [5.74, 6) is 1.74. The molecule has 0 N–H and O–H groups in total. The minimum absolute atomic E-state index is 0.565. The Kier molecular flexibility index (Phi) is 8.42. The van der Waals surface area contributed by atoms with E-state index in [0.717, 1.165) is 105 Å². The number of fused-ring (bicyclic) bond motifs is 6. The van der Waals surface area contributed by atoms with Crippen molar-refractivity contribution in [1.82, 2.24) is 15.0 Å². The lowest BCUT2D eigenvalue weighted by Gasteiger charge is -2.11. The van der Waals surface area contributed by atoms with Gasteiger partial charge in [0.1, 0.15) is 22.3 Å². The van der Waals surface area contributed by atoms with Crippen LogP contribution in [0.2, 0.25) is 0 Å². The van der Waals surface area contributed by atoms with Gasteiger partial charge >= 0.3 is 0 Å². The summed E-state index contributed by atoms with van der Waals surface area (Å²) in [6.45, 7) is 0. The maximum absolute atomic E-state index is 6.58. The molecule has 0 saturated heterocycles. The lowest BCUT2D eigenvalue weighted by Crippen LogP contribution is -2.00. The minimum Gasteiger partial charge on any atom is -0.456 e. The number of nitrogens with zero attached hydrogens (tertiary/aromatic N) is 3. The zero-order valence-corrected chi connectivity index (χ0v) is 33.4. The molecule has 0 atom stereocenters. The van der Waals surface area contributed by atoms with Gasteiger partial charge in [-0.15, -0.1) is 0 Å². The number of rotatable bonds is 7. The molecule has 0 aliphatic rings. The van der Waals surface area contributed by atoms with Crippen LogP contribution in [0.15, 0.2) is 221 Å². The van der Waals surface area contributed by atoms with Crippen molar-refractivity contribution in [3.8, 4) is 78.7 Å². The van der Waals surface area contributed by atoms with E-state index in [1.807, 2.05) is 36.4 Å². The lowest BCUT2D eigenvalue weighted by molar-refractivity contribution is 0.669. The fraction of sp³-hybridized carbons (Fsp3) is 0. The molecule has 12 aromatic rings. The summed E-state index contributed by atoms with van der Waals surface area (Å²) in [7, 11) is 0. The van der Waals surface area contributed by atoms with Crippen molar-refractivity contribution in [2.45, 2.75) is 0 Å². The summed E-state index contributed by atoms with van der Waals surface area (Å²) in [6.07, 6.45) is 0. The summed E-state index contributed by atoms with van der Waals surface area (Å²) in [6, 6.07) is 73.3. The van der Waals surface area contributed by atoms with Crippen LogP contribution in [0.4, 0.5) is 0 Å². The van der Waals surface area contributed by atoms with Gasteiger partial charge in [-0.25, -0.2) is 15.0 Å². The number of hydrogen-bond acceptors (Lipinski definition) is 5. The van der Waals surface area contributed by atoms with Crippen LogP contribution in [-0.2, 0) is 0 Å². The normalized spacial score (nSPS) is 11.5. The molecule has 5 heteroatoms. The van der Waals surface area contributed by atoms with Gasteiger partial charge in [0, 0.05) is 38.2 Å². The predicted octanol–water partition coefficient (Wildman–Crippen LogP) is 15.3. The fourth-order valence-electron chi connectivity index (χ4n) is 8.75. The maximum atomic E-state index is 6.58. The Morgan fingerprint density at radius 1 is 0.242 bits per heavy atom. The van der Waals surface area contributed by atoms with E-state index < -0.39 is 0 Å². The molecule has 0 saturated carbocycles. The van der Waals surface area contributed by atoms with Crippen molar-refractivity contribution >= 4 is 43.9 Å². The topological polar surface area (TPSA) is 65.0 Å². The zero-order chi connectivity index (χ0) is 41.0. The summed E-state index contributed by atoms with van der Waals surface area (Å²) < 4.78 is 13.0. The van der Waals surface area contributed by atoms with E-state index in [-0.39, 0.29) is 0 Å². The van der Waals surface area contributed by atoms with Crippen LogP contribution in [0.3, 0.4) is 0 Å². The van der Waals surface area contributed by atoms with Gasteiger partial charge in [-0.1, -0.05) is 164 Å². The molecule has 0 radical (unpaired) electrons. The van der Waals surface area contributed by atoms with E-state index in [4.69, 9.17) is 23.8 Å². The third-order valence-electron chi connectivity index (χ3n) is 11.7. The zero-order valence-electron chi connectivity index (χ0n) is 33.4. The second kappa shape index (κ2) is 14.7. The quantitative estimate of drug-likeness (QED) is 0.161. The average Bonchev–Trinajstić information content (AvgIpc) is 3.93. The molecule has 3 heterocycles. The number of aromatic nitrogens is 3. The molecule has 5 nitrogen and oxygen atoms in total. The molecular formula is C57H35N3O2. The predicted molar refractivity (Wildman–Crippen MR) is 252 cm³/mol. The van der Waals surface area contributed by atoms with Crippen LogP contribution in [0, 0.1) is 0 Å². The molecule has 0 spiro atoms. The van der Waals surface area contributed by atoms with E-state index in [1.165, 1.54) is 0 Å². The smallest absolute Gasteiger partial charge is 0.164 e. The van der Waals surface area contributed by atoms with E-state index in [2.05, 4.69) is 176 Å². The Labute approximate surface area is 357 Å². The van der Waals surface area contributed by atoms with Gasteiger partial charge < -0.3 is 8.83 Å². The largest absolute Gasteiger partial charge is 0.456 e. The molecule has 0 unspecified atom stereocenters. The highest BCUT2D eigenvalue weighted by Crippen LogP contribution is 2.42. The van der Waals surface area contributed by atoms with Gasteiger partial charge in [-0.2, -0.15) is 0 Å². The third-order valence-corrected chi connectivity index (χ3v) is 11.7. The molecule has 0 aliphatic carbocycles. The Hall–Kier alpha value is -8.41. The molecular weight excluding hydrogens is 759 g/mol. The van der Waals surface area contributed by atoms with Crippen LogP contribution < -0.4 is 0 Å². The first kappa shape index (κ1) is 35.5. The second-order valence-corrected chi connectivity index (χ2v) is 15.5. The highest BCUT2D eigenvalue weighted by atomic mass is 16.3. The number of benzene rings is 9. The van der Waals surface area contributed by atoms with Gasteiger partial charge in [-0.05, 0) is 93.0 Å². The van der Waals surface area contributed by atoms with Crippen molar-refractivity contribution in [2.24, 2.45) is 0 Å². The third kappa shape index (κ3) is 6.23. The molecule has 290 valence electrons. The second-order valence-electron chi connectivity index (χ2n) is 15.5. The Morgan fingerprint density at radius 2 is 0.629 bits per heavy atom. The van der Waals surface area contributed by atoms with E-state index >= 15 is 0 Å². The fourth-order valence-corrected chi connectivity index (χ4v) is 8.75. The first-order valence-corrected chi connectivity index (χ1v) is 20.7. The Balaban J connectivity index is 1.05. The molecule has 9 aromatic carbocycles. The van der Waals surface area contributed by atoms with Crippen molar-refractivity contribution < 1.29 is 8.83 Å². The molecule has 0 bridgehead atoms. The molecule has 0 amide bonds. The van der Waals surface area contributed by atoms with E-state index in [0.29, 0.717) is 17.5 Å². The van der Waals surface area contributed by atoms with Crippen LogP contribution in [0.25, 0.3) is 123 Å². The highest BCUT2D eigenvalue weighted by Gasteiger charge is 2.20. The van der Waals surface area contributed by atoms with Gasteiger partial charge in [0.25, 0.3) is 0 Å². The van der Waals surface area contributed by atoms with Crippen LogP contribution in [-0.4, -0.2) is 15.0 Å². The lowest BCUT2D eigenvalue weighted by atomic mass is 9.96. The Bertz CT molecular complexity index is 3530. The van der Waals surface area contributed by atoms with Crippen LogP contribution in [0.5, 0.6) is 0 Å².